The largest absolute Gasteiger partial charge is 0.416 e. The summed E-state index contributed by atoms with van der Waals surface area (Å²) in [6, 6.07) is 3.90. The zero-order chi connectivity index (χ0) is 28.0. The smallest absolute Gasteiger partial charge is 0.351 e. The summed E-state index contributed by atoms with van der Waals surface area (Å²) in [7, 11) is -3.04. The lowest BCUT2D eigenvalue weighted by Gasteiger charge is -2.53. The lowest BCUT2D eigenvalue weighted by Crippen LogP contribution is -2.63. The van der Waals surface area contributed by atoms with Crippen molar-refractivity contribution < 1.29 is 35.7 Å². The second-order valence-electron chi connectivity index (χ2n) is 9.71. The van der Waals surface area contributed by atoms with Crippen LogP contribution in [0.5, 0.6) is 0 Å². The van der Waals surface area contributed by atoms with E-state index in [4.69, 9.17) is 16.1 Å². The molecular formula is C24H21ClF3N5O5S. The summed E-state index contributed by atoms with van der Waals surface area (Å²) in [5.74, 6) is -2.06. The molecule has 1 saturated carbocycles. The Labute approximate surface area is 225 Å². The maximum absolute atomic E-state index is 13.5. The second-order valence-corrected chi connectivity index (χ2v) is 12.0. The van der Waals surface area contributed by atoms with Crippen LogP contribution in [-0.4, -0.2) is 58.8 Å². The molecule has 5 rings (SSSR count). The molecule has 1 N–H and O–H groups in total. The van der Waals surface area contributed by atoms with Crippen LogP contribution >= 0.6 is 11.6 Å². The molecule has 3 heterocycles. The molecule has 39 heavy (non-hydrogen) atoms. The highest BCUT2D eigenvalue weighted by molar-refractivity contribution is 7.92. The third-order valence-corrected chi connectivity index (χ3v) is 9.06. The minimum Gasteiger partial charge on any atom is -0.351 e. The van der Waals surface area contributed by atoms with E-state index in [9.17, 15) is 31.2 Å². The van der Waals surface area contributed by atoms with Gasteiger partial charge in [0.1, 0.15) is 11.6 Å². The van der Waals surface area contributed by atoms with Crippen molar-refractivity contribution >= 4 is 39.1 Å². The molecule has 206 valence electrons. The quantitative estimate of drug-likeness (QED) is 0.419. The van der Waals surface area contributed by atoms with Gasteiger partial charge in [-0.15, -0.1) is 11.6 Å². The number of alkyl halides is 4. The van der Waals surface area contributed by atoms with Crippen LogP contribution in [0.25, 0.3) is 11.3 Å². The number of nitrogens with one attached hydrogen (secondary N) is 1. The molecule has 1 atom stereocenters. The minimum atomic E-state index is -4.58. The molecule has 1 saturated heterocycles. The first-order valence-electron chi connectivity index (χ1n) is 11.7. The van der Waals surface area contributed by atoms with Crippen LogP contribution in [0, 0.1) is 5.41 Å². The molecule has 1 unspecified atom stereocenters. The minimum absolute atomic E-state index is 0.00564. The summed E-state index contributed by atoms with van der Waals surface area (Å²) < 4.78 is 68.2. The molecule has 3 aromatic rings. The van der Waals surface area contributed by atoms with Gasteiger partial charge in [0, 0.05) is 35.5 Å². The SMILES string of the molecule is O=C(NC1CC2(C1)CS(=O)(=O)C2)C(c1cnccn1)N(C(=O)CCl)c1cc(-c2cccc(C(F)(F)F)c2)no1. The average molecular weight is 584 g/mol. The molecule has 2 amide bonds. The Hall–Kier alpha value is -3.52. The third-order valence-electron chi connectivity index (χ3n) is 6.73. The van der Waals surface area contributed by atoms with E-state index < -0.39 is 45.3 Å². The summed E-state index contributed by atoms with van der Waals surface area (Å²) >= 11 is 5.86. The number of sulfone groups is 1. The van der Waals surface area contributed by atoms with Crippen LogP contribution in [0.15, 0.2) is 53.4 Å². The molecule has 2 aromatic heterocycles. The van der Waals surface area contributed by atoms with Crippen LogP contribution in [0.2, 0.25) is 0 Å². The lowest BCUT2D eigenvalue weighted by molar-refractivity contribution is -0.137. The Morgan fingerprint density at radius 2 is 1.95 bits per heavy atom. The van der Waals surface area contributed by atoms with E-state index in [2.05, 4.69) is 20.4 Å². The van der Waals surface area contributed by atoms with Gasteiger partial charge in [-0.2, -0.15) is 13.2 Å². The number of halogens is 4. The highest BCUT2D eigenvalue weighted by atomic mass is 35.5. The number of amides is 2. The Morgan fingerprint density at radius 1 is 1.21 bits per heavy atom. The first-order valence-corrected chi connectivity index (χ1v) is 14.0. The fourth-order valence-electron chi connectivity index (χ4n) is 5.16. The highest BCUT2D eigenvalue weighted by Gasteiger charge is 2.57. The normalized spacial score (nSPS) is 18.6. The van der Waals surface area contributed by atoms with Crippen molar-refractivity contribution in [2.75, 3.05) is 22.3 Å². The van der Waals surface area contributed by atoms with Gasteiger partial charge < -0.3 is 9.84 Å². The van der Waals surface area contributed by atoms with Crippen LogP contribution in [-0.2, 0) is 25.6 Å². The number of carbonyl (C=O) groups excluding carboxylic acids is 2. The second kappa shape index (κ2) is 9.90. The molecule has 1 aliphatic carbocycles. The van der Waals surface area contributed by atoms with Gasteiger partial charge >= 0.3 is 6.18 Å². The molecule has 1 aliphatic heterocycles. The monoisotopic (exact) mass is 583 g/mol. The van der Waals surface area contributed by atoms with Gasteiger partial charge in [-0.1, -0.05) is 17.3 Å². The first kappa shape index (κ1) is 27.1. The highest BCUT2D eigenvalue weighted by Crippen LogP contribution is 2.50. The van der Waals surface area contributed by atoms with E-state index in [-0.39, 0.29) is 45.8 Å². The summed E-state index contributed by atoms with van der Waals surface area (Å²) in [6.45, 7) is 0. The Morgan fingerprint density at radius 3 is 2.56 bits per heavy atom. The predicted octanol–water partition coefficient (Wildman–Crippen LogP) is 3.16. The maximum Gasteiger partial charge on any atom is 0.416 e. The fraction of sp³-hybridized carbons (Fsp3) is 0.375. The zero-order valence-electron chi connectivity index (χ0n) is 20.1. The number of aromatic nitrogens is 3. The van der Waals surface area contributed by atoms with Crippen molar-refractivity contribution in [1.29, 1.82) is 0 Å². The number of anilines is 1. The van der Waals surface area contributed by atoms with Gasteiger partial charge in [0.15, 0.2) is 15.9 Å². The van der Waals surface area contributed by atoms with Crippen LogP contribution < -0.4 is 10.2 Å². The molecule has 0 bridgehead atoms. The van der Waals surface area contributed by atoms with Crippen molar-refractivity contribution in [3.05, 3.63) is 60.2 Å². The summed E-state index contributed by atoms with van der Waals surface area (Å²) in [5, 5.41) is 6.65. The maximum atomic E-state index is 13.5. The number of nitrogens with zero attached hydrogens (tertiary/aromatic N) is 4. The topological polar surface area (TPSA) is 135 Å². The van der Waals surface area contributed by atoms with E-state index >= 15 is 0 Å². The number of benzene rings is 1. The van der Waals surface area contributed by atoms with Gasteiger partial charge in [-0.25, -0.2) is 8.42 Å². The Bertz CT molecular complexity index is 1500. The van der Waals surface area contributed by atoms with Crippen molar-refractivity contribution in [1.82, 2.24) is 20.4 Å². The zero-order valence-corrected chi connectivity index (χ0v) is 21.6. The third kappa shape index (κ3) is 5.48. The van der Waals surface area contributed by atoms with E-state index in [1.807, 2.05) is 0 Å². The number of hydrogen-bond acceptors (Lipinski definition) is 8. The fourth-order valence-corrected chi connectivity index (χ4v) is 7.54. The number of hydrogen-bond donors (Lipinski definition) is 1. The number of carbonyl (C=O) groups is 2. The Kier molecular flexibility index (Phi) is 6.87. The molecule has 2 aliphatic rings. The van der Waals surface area contributed by atoms with E-state index in [0.717, 1.165) is 17.0 Å². The van der Waals surface area contributed by atoms with Gasteiger partial charge in [-0.3, -0.25) is 24.5 Å². The standard InChI is InChI=1S/C24H21ClF3N5O5S/c25-10-19(34)33(20-7-17(32-38-20)14-2-1-3-15(6-14)24(26,27)28)21(18-11-29-4-5-30-18)22(35)31-16-8-23(9-16)12-39(36,37)13-23/h1-7,11,16,21H,8-10,12-13H2,(H,31,35). The first-order chi connectivity index (χ1) is 18.4. The van der Waals surface area contributed by atoms with Gasteiger partial charge in [0.25, 0.3) is 0 Å². The Balaban J connectivity index is 1.44. The molecule has 1 aromatic carbocycles. The molecule has 2 fully saturated rings. The van der Waals surface area contributed by atoms with Crippen LogP contribution in [0.4, 0.5) is 19.1 Å². The van der Waals surface area contributed by atoms with Crippen LogP contribution in [0.3, 0.4) is 0 Å². The van der Waals surface area contributed by atoms with E-state index in [1.54, 1.807) is 0 Å². The van der Waals surface area contributed by atoms with Crippen molar-refractivity contribution in [3.63, 3.8) is 0 Å². The van der Waals surface area contributed by atoms with E-state index in [0.29, 0.717) is 12.8 Å². The molecule has 10 nitrogen and oxygen atoms in total. The molecular weight excluding hydrogens is 563 g/mol. The molecule has 0 radical (unpaired) electrons. The molecule has 1 spiro atoms. The number of rotatable bonds is 7. The summed E-state index contributed by atoms with van der Waals surface area (Å²) in [6.07, 6.45) is 0.336. The summed E-state index contributed by atoms with van der Waals surface area (Å²) in [5.41, 5.74) is -1.09. The van der Waals surface area contributed by atoms with Gasteiger partial charge in [0.05, 0.1) is 29.0 Å². The van der Waals surface area contributed by atoms with Crippen molar-refractivity contribution in [3.8, 4) is 11.3 Å². The van der Waals surface area contributed by atoms with Crippen molar-refractivity contribution in [2.24, 2.45) is 5.41 Å². The van der Waals surface area contributed by atoms with Gasteiger partial charge in [-0.05, 0) is 25.0 Å². The van der Waals surface area contributed by atoms with E-state index in [1.165, 1.54) is 36.8 Å². The average Bonchev–Trinajstić information content (AvgIpc) is 3.34. The predicted molar refractivity (Wildman–Crippen MR) is 132 cm³/mol. The van der Waals surface area contributed by atoms with Crippen LogP contribution in [0.1, 0.15) is 30.1 Å². The summed E-state index contributed by atoms with van der Waals surface area (Å²) in [4.78, 5) is 35.6. The van der Waals surface area contributed by atoms with Crippen molar-refractivity contribution in [2.45, 2.75) is 31.1 Å². The molecule has 15 heteroatoms. The van der Waals surface area contributed by atoms with Gasteiger partial charge in [0.2, 0.25) is 17.7 Å². The lowest BCUT2D eigenvalue weighted by atomic mass is 9.67.